The van der Waals surface area contributed by atoms with E-state index in [9.17, 15) is 0 Å². The summed E-state index contributed by atoms with van der Waals surface area (Å²) >= 11 is 5.99. The first-order chi connectivity index (χ1) is 11.2. The summed E-state index contributed by atoms with van der Waals surface area (Å²) in [4.78, 5) is 6.81. The molecule has 1 saturated heterocycles. The largest absolute Gasteiger partial charge is 0.496 e. The number of guanidine groups is 1. The van der Waals surface area contributed by atoms with Gasteiger partial charge in [0.2, 0.25) is 0 Å². The number of rotatable bonds is 6. The molecular formula is C17H27ClN4O. The molecule has 1 aromatic carbocycles. The minimum absolute atomic E-state index is 0.601. The SMILES string of the molecule is CCN1CCCC1CNC(=NC)NCc1ccc(Cl)cc1OC. The number of halogens is 1. The van der Waals surface area contributed by atoms with Crippen LogP contribution in [-0.4, -0.2) is 50.7 Å². The van der Waals surface area contributed by atoms with Gasteiger partial charge in [0.25, 0.3) is 0 Å². The molecule has 2 N–H and O–H groups in total. The van der Waals surface area contributed by atoms with Crippen molar-refractivity contribution in [1.82, 2.24) is 15.5 Å². The lowest BCUT2D eigenvalue weighted by molar-refractivity contribution is 0.267. The molecule has 0 aromatic heterocycles. The molecule has 0 aliphatic carbocycles. The first-order valence-electron chi connectivity index (χ1n) is 8.19. The minimum Gasteiger partial charge on any atom is -0.496 e. The van der Waals surface area contributed by atoms with Crippen LogP contribution >= 0.6 is 11.6 Å². The maximum atomic E-state index is 5.99. The number of benzene rings is 1. The van der Waals surface area contributed by atoms with E-state index in [1.807, 2.05) is 18.2 Å². The molecule has 1 aromatic rings. The summed E-state index contributed by atoms with van der Waals surface area (Å²) in [5.74, 6) is 1.60. The van der Waals surface area contributed by atoms with Gasteiger partial charge in [-0.3, -0.25) is 9.89 Å². The van der Waals surface area contributed by atoms with Gasteiger partial charge in [-0.15, -0.1) is 0 Å². The standard InChI is InChI=1S/C17H27ClN4O/c1-4-22-9-5-6-15(22)12-21-17(19-2)20-11-13-7-8-14(18)10-16(13)23-3/h7-8,10,15H,4-6,9,11-12H2,1-3H3,(H2,19,20,21). The van der Waals surface area contributed by atoms with Crippen molar-refractivity contribution in [3.05, 3.63) is 28.8 Å². The first kappa shape index (κ1) is 17.9. The summed E-state index contributed by atoms with van der Waals surface area (Å²) in [6, 6.07) is 6.27. The minimum atomic E-state index is 0.601. The lowest BCUT2D eigenvalue weighted by Gasteiger charge is -2.24. The molecule has 1 fully saturated rings. The number of nitrogens with zero attached hydrogens (tertiary/aromatic N) is 2. The number of methoxy groups -OCH3 is 1. The molecule has 1 heterocycles. The Kier molecular flexibility index (Phi) is 6.99. The Bertz CT molecular complexity index is 535. The third-order valence-corrected chi connectivity index (χ3v) is 4.56. The van der Waals surface area contributed by atoms with Gasteiger partial charge < -0.3 is 15.4 Å². The van der Waals surface area contributed by atoms with Crippen LogP contribution in [0.5, 0.6) is 5.75 Å². The van der Waals surface area contributed by atoms with Gasteiger partial charge in [-0.25, -0.2) is 0 Å². The highest BCUT2D eigenvalue weighted by Gasteiger charge is 2.22. The van der Waals surface area contributed by atoms with E-state index in [0.717, 1.165) is 30.4 Å². The number of likely N-dealkylation sites (tertiary alicyclic amines) is 1. The fourth-order valence-electron chi connectivity index (χ4n) is 3.02. The molecular weight excluding hydrogens is 312 g/mol. The van der Waals surface area contributed by atoms with Gasteiger partial charge in [-0.1, -0.05) is 24.6 Å². The molecule has 1 unspecified atom stereocenters. The fraction of sp³-hybridized carbons (Fsp3) is 0.588. The molecule has 2 rings (SSSR count). The second-order valence-corrected chi connectivity index (χ2v) is 6.12. The van der Waals surface area contributed by atoms with Crippen molar-refractivity contribution >= 4 is 17.6 Å². The fourth-order valence-corrected chi connectivity index (χ4v) is 3.18. The molecule has 6 heteroatoms. The zero-order chi connectivity index (χ0) is 16.7. The Labute approximate surface area is 144 Å². The Morgan fingerprint density at radius 2 is 2.26 bits per heavy atom. The smallest absolute Gasteiger partial charge is 0.191 e. The van der Waals surface area contributed by atoms with Crippen LogP contribution in [0.3, 0.4) is 0 Å². The highest BCUT2D eigenvalue weighted by molar-refractivity contribution is 6.30. The van der Waals surface area contributed by atoms with Crippen molar-refractivity contribution < 1.29 is 4.74 Å². The maximum Gasteiger partial charge on any atom is 0.191 e. The lowest BCUT2D eigenvalue weighted by Crippen LogP contribution is -2.44. The zero-order valence-electron chi connectivity index (χ0n) is 14.2. The van der Waals surface area contributed by atoms with Crippen LogP contribution in [0.15, 0.2) is 23.2 Å². The highest BCUT2D eigenvalue weighted by atomic mass is 35.5. The van der Waals surface area contributed by atoms with Crippen LogP contribution in [0.2, 0.25) is 5.02 Å². The van der Waals surface area contributed by atoms with E-state index < -0.39 is 0 Å². The quantitative estimate of drug-likeness (QED) is 0.618. The summed E-state index contributed by atoms with van der Waals surface area (Å²) in [6.07, 6.45) is 2.54. The zero-order valence-corrected chi connectivity index (χ0v) is 15.0. The van der Waals surface area contributed by atoms with E-state index >= 15 is 0 Å². The average molecular weight is 339 g/mol. The van der Waals surface area contributed by atoms with E-state index in [-0.39, 0.29) is 0 Å². The molecule has 1 aliphatic heterocycles. The molecule has 0 amide bonds. The Hall–Kier alpha value is -1.46. The molecule has 23 heavy (non-hydrogen) atoms. The molecule has 128 valence electrons. The summed E-state index contributed by atoms with van der Waals surface area (Å²) < 4.78 is 5.37. The molecule has 0 saturated carbocycles. The van der Waals surface area contributed by atoms with Crippen molar-refractivity contribution in [3.8, 4) is 5.75 Å². The van der Waals surface area contributed by atoms with E-state index in [1.165, 1.54) is 19.4 Å². The monoisotopic (exact) mass is 338 g/mol. The molecule has 0 bridgehead atoms. The molecule has 0 radical (unpaired) electrons. The average Bonchev–Trinajstić information content (AvgIpc) is 3.03. The van der Waals surface area contributed by atoms with E-state index in [0.29, 0.717) is 17.6 Å². The summed E-state index contributed by atoms with van der Waals surface area (Å²) in [6.45, 7) is 6.10. The van der Waals surface area contributed by atoms with Gasteiger partial charge in [0.1, 0.15) is 5.75 Å². The highest BCUT2D eigenvalue weighted by Crippen LogP contribution is 2.22. The van der Waals surface area contributed by atoms with Gasteiger partial charge >= 0.3 is 0 Å². The van der Waals surface area contributed by atoms with Crippen molar-refractivity contribution in [1.29, 1.82) is 0 Å². The molecule has 5 nitrogen and oxygen atoms in total. The van der Waals surface area contributed by atoms with Crippen LogP contribution in [0.1, 0.15) is 25.3 Å². The second kappa shape index (κ2) is 8.99. The van der Waals surface area contributed by atoms with Gasteiger partial charge in [-0.2, -0.15) is 0 Å². The van der Waals surface area contributed by atoms with Crippen molar-refractivity contribution in [2.75, 3.05) is 33.8 Å². The topological polar surface area (TPSA) is 48.9 Å². The van der Waals surface area contributed by atoms with Gasteiger partial charge in [-0.05, 0) is 38.1 Å². The van der Waals surface area contributed by atoms with Crippen molar-refractivity contribution in [2.45, 2.75) is 32.4 Å². The summed E-state index contributed by atoms with van der Waals surface area (Å²) in [5, 5.41) is 7.43. The Balaban J connectivity index is 1.86. The maximum absolute atomic E-state index is 5.99. The predicted octanol–water partition coefficient (Wildman–Crippen LogP) is 2.50. The number of aliphatic imine (C=N–C) groups is 1. The van der Waals surface area contributed by atoms with E-state index in [4.69, 9.17) is 16.3 Å². The summed E-state index contributed by atoms with van der Waals surface area (Å²) in [5.41, 5.74) is 1.05. The van der Waals surface area contributed by atoms with Crippen molar-refractivity contribution in [2.24, 2.45) is 4.99 Å². The van der Waals surface area contributed by atoms with Crippen molar-refractivity contribution in [3.63, 3.8) is 0 Å². The van der Waals surface area contributed by atoms with Crippen LogP contribution in [0.25, 0.3) is 0 Å². The van der Waals surface area contributed by atoms with Crippen LogP contribution in [0.4, 0.5) is 0 Å². The molecule has 1 aliphatic rings. The first-order valence-corrected chi connectivity index (χ1v) is 8.56. The van der Waals surface area contributed by atoms with Gasteiger partial charge in [0, 0.05) is 36.8 Å². The van der Waals surface area contributed by atoms with E-state index in [2.05, 4.69) is 27.4 Å². The predicted molar refractivity (Wildman–Crippen MR) is 96.5 cm³/mol. The van der Waals surface area contributed by atoms with Crippen LogP contribution in [-0.2, 0) is 6.54 Å². The van der Waals surface area contributed by atoms with Crippen LogP contribution in [0, 0.1) is 0 Å². The molecule has 0 spiro atoms. The number of likely N-dealkylation sites (N-methyl/N-ethyl adjacent to an activating group) is 1. The van der Waals surface area contributed by atoms with E-state index in [1.54, 1.807) is 14.2 Å². The Morgan fingerprint density at radius 3 is 2.96 bits per heavy atom. The third-order valence-electron chi connectivity index (χ3n) is 4.33. The third kappa shape index (κ3) is 5.01. The number of hydrogen-bond donors (Lipinski definition) is 2. The lowest BCUT2D eigenvalue weighted by atomic mass is 10.2. The molecule has 1 atom stereocenters. The van der Waals surface area contributed by atoms with Gasteiger partial charge in [0.15, 0.2) is 5.96 Å². The number of hydrogen-bond acceptors (Lipinski definition) is 3. The van der Waals surface area contributed by atoms with Gasteiger partial charge in [0.05, 0.1) is 7.11 Å². The normalized spacial score (nSPS) is 19.0. The number of ether oxygens (including phenoxy) is 1. The summed E-state index contributed by atoms with van der Waals surface area (Å²) in [7, 11) is 3.45. The Morgan fingerprint density at radius 1 is 1.43 bits per heavy atom. The second-order valence-electron chi connectivity index (χ2n) is 5.69. The number of nitrogens with one attached hydrogen (secondary N) is 2. The van der Waals surface area contributed by atoms with Crippen LogP contribution < -0.4 is 15.4 Å².